The molecule has 0 saturated carbocycles. The summed E-state index contributed by atoms with van der Waals surface area (Å²) in [6.07, 6.45) is 1.56. The fourth-order valence-corrected chi connectivity index (χ4v) is 6.27. The smallest absolute Gasteiger partial charge is 0.335 e. The number of carboxylic acid groups (broad SMARTS) is 1. The second-order valence-corrected chi connectivity index (χ2v) is 12.5. The Morgan fingerprint density at radius 2 is 1.94 bits per heavy atom. The SMILES string of the molecule is COCCOc1cc(C(=O)O)cc2c1nc(Cc1cc(F)c3cc1CCOCc1cc(ccc1Cl)COc1cccc-3n1)n2C[C@@H]1CCO1. The zero-order valence-corrected chi connectivity index (χ0v) is 27.7. The van der Waals surface area contributed by atoms with Crippen molar-refractivity contribution >= 4 is 28.6 Å². The van der Waals surface area contributed by atoms with Crippen LogP contribution in [0.5, 0.6) is 11.6 Å². The minimum Gasteiger partial charge on any atom is -0.489 e. The first-order chi connectivity index (χ1) is 23.9. The van der Waals surface area contributed by atoms with Gasteiger partial charge in [-0.3, -0.25) is 0 Å². The van der Waals surface area contributed by atoms with Crippen LogP contribution in [0.25, 0.3) is 22.3 Å². The van der Waals surface area contributed by atoms with E-state index < -0.39 is 11.8 Å². The van der Waals surface area contributed by atoms with Crippen LogP contribution in [0.15, 0.2) is 60.7 Å². The molecule has 0 amide bonds. The van der Waals surface area contributed by atoms with E-state index in [2.05, 4.69) is 4.98 Å². The highest BCUT2D eigenvalue weighted by atomic mass is 35.5. The summed E-state index contributed by atoms with van der Waals surface area (Å²) in [5.74, 6) is -0.180. The van der Waals surface area contributed by atoms with Gasteiger partial charge in [0.2, 0.25) is 5.88 Å². The maximum Gasteiger partial charge on any atom is 0.335 e. The third-order valence-corrected chi connectivity index (χ3v) is 9.15. The Morgan fingerprint density at radius 3 is 2.73 bits per heavy atom. The van der Waals surface area contributed by atoms with Crippen molar-refractivity contribution in [3.05, 3.63) is 105 Å². The van der Waals surface area contributed by atoms with Gasteiger partial charge in [0.25, 0.3) is 0 Å². The number of aromatic carboxylic acids is 1. The van der Waals surface area contributed by atoms with Crippen LogP contribution in [0.1, 0.15) is 44.9 Å². The molecule has 2 aliphatic rings. The predicted octanol–water partition coefficient (Wildman–Crippen LogP) is 6.65. The van der Waals surface area contributed by atoms with E-state index in [1.54, 1.807) is 31.4 Å². The second kappa shape index (κ2) is 14.5. The Balaban J connectivity index is 1.30. The topological polar surface area (TPSA) is 114 Å². The molecule has 0 radical (unpaired) electrons. The number of ether oxygens (including phenoxy) is 5. The third-order valence-electron chi connectivity index (χ3n) is 8.78. The molecule has 0 unspecified atom stereocenters. The number of imidazole rings is 1. The molecular weight excluding hydrogens is 653 g/mol. The molecule has 1 fully saturated rings. The summed E-state index contributed by atoms with van der Waals surface area (Å²) in [5, 5.41) is 10.5. The van der Waals surface area contributed by atoms with Crippen molar-refractivity contribution in [1.82, 2.24) is 14.5 Å². The van der Waals surface area contributed by atoms with E-state index >= 15 is 4.39 Å². The minimum atomic E-state index is -1.08. The number of hydrogen-bond donors (Lipinski definition) is 1. The van der Waals surface area contributed by atoms with Gasteiger partial charge in [0, 0.05) is 36.8 Å². The number of pyridine rings is 1. The summed E-state index contributed by atoms with van der Waals surface area (Å²) < 4.78 is 47.0. The van der Waals surface area contributed by atoms with Crippen LogP contribution >= 0.6 is 11.6 Å². The Kier molecular flexibility index (Phi) is 9.77. The summed E-state index contributed by atoms with van der Waals surface area (Å²) in [4.78, 5) is 21.7. The normalized spacial score (nSPS) is 15.9. The molecular formula is C37H35ClFN3O7. The highest BCUT2D eigenvalue weighted by Crippen LogP contribution is 2.33. The molecule has 1 N–H and O–H groups in total. The van der Waals surface area contributed by atoms with Gasteiger partial charge in [-0.1, -0.05) is 23.7 Å². The lowest BCUT2D eigenvalue weighted by atomic mass is 9.96. The highest BCUT2D eigenvalue weighted by Gasteiger charge is 2.25. The zero-order chi connectivity index (χ0) is 33.9. The first kappa shape index (κ1) is 33.0. The molecule has 4 heterocycles. The van der Waals surface area contributed by atoms with Gasteiger partial charge in [-0.05, 0) is 77.6 Å². The van der Waals surface area contributed by atoms with Gasteiger partial charge < -0.3 is 33.4 Å². The van der Waals surface area contributed by atoms with Crippen LogP contribution in [-0.4, -0.2) is 65.3 Å². The number of rotatable bonds is 9. The quantitative estimate of drug-likeness (QED) is 0.170. The van der Waals surface area contributed by atoms with Gasteiger partial charge in [0.1, 0.15) is 36.1 Å². The Morgan fingerprint density at radius 1 is 1.06 bits per heavy atom. The summed E-state index contributed by atoms with van der Waals surface area (Å²) in [7, 11) is 1.56. The van der Waals surface area contributed by atoms with Crippen molar-refractivity contribution in [3.63, 3.8) is 0 Å². The van der Waals surface area contributed by atoms with Gasteiger partial charge in [-0.25, -0.2) is 19.2 Å². The van der Waals surface area contributed by atoms with Crippen LogP contribution in [0.2, 0.25) is 5.02 Å². The van der Waals surface area contributed by atoms with Gasteiger partial charge in [-0.2, -0.15) is 0 Å². The maximum atomic E-state index is 16.1. The third kappa shape index (κ3) is 7.25. The van der Waals surface area contributed by atoms with Crippen LogP contribution in [-0.2, 0) is 46.8 Å². The van der Waals surface area contributed by atoms with Crippen molar-refractivity contribution < 1.29 is 38.0 Å². The van der Waals surface area contributed by atoms with Gasteiger partial charge in [-0.15, -0.1) is 0 Å². The van der Waals surface area contributed by atoms with Crippen LogP contribution in [0.4, 0.5) is 4.39 Å². The van der Waals surface area contributed by atoms with Gasteiger partial charge in [0.15, 0.2) is 0 Å². The Bertz CT molecular complexity index is 2010. The molecule has 2 aliphatic heterocycles. The molecule has 5 aromatic rings. The van der Waals surface area contributed by atoms with E-state index in [0.29, 0.717) is 89.7 Å². The standard InChI is InChI=1S/C37H35ClFN3O7/c1-45-11-12-48-33-17-25(37(43)44)16-32-36(33)41-34(42(32)19-27-8-10-47-27)18-24-15-30(39)28-14-23(24)7-9-46-21-26-13-22(5-6-29(26)38)20-49-35-4-2-3-31(28)40-35/h2-6,13-17,27H,7-12,18-21H2,1H3,(H,43,44)/t27-/m0/s1. The lowest BCUT2D eigenvalue weighted by molar-refractivity contribution is -0.0589. The van der Waals surface area contributed by atoms with Gasteiger partial charge in [0.05, 0.1) is 49.2 Å². The Labute approximate surface area is 287 Å². The molecule has 49 heavy (non-hydrogen) atoms. The molecule has 10 nitrogen and oxygen atoms in total. The number of aromatic nitrogens is 3. The fraction of sp³-hybridized carbons (Fsp3) is 0.324. The van der Waals surface area contributed by atoms with Gasteiger partial charge >= 0.3 is 5.97 Å². The molecule has 0 spiro atoms. The molecule has 1 atom stereocenters. The van der Waals surface area contributed by atoms with Crippen molar-refractivity contribution in [2.75, 3.05) is 33.5 Å². The molecule has 2 aromatic heterocycles. The summed E-state index contributed by atoms with van der Waals surface area (Å²) in [6.45, 7) is 2.59. The van der Waals surface area contributed by atoms with E-state index in [1.807, 2.05) is 28.8 Å². The molecule has 3 aromatic carbocycles. The molecule has 6 bridgehead atoms. The lowest BCUT2D eigenvalue weighted by Gasteiger charge is -2.27. The first-order valence-electron chi connectivity index (χ1n) is 16.1. The van der Waals surface area contributed by atoms with Crippen molar-refractivity contribution in [1.29, 1.82) is 0 Å². The van der Waals surface area contributed by atoms with E-state index in [4.69, 9.17) is 40.3 Å². The predicted molar refractivity (Wildman–Crippen MR) is 180 cm³/mol. The van der Waals surface area contributed by atoms with Crippen LogP contribution in [0, 0.1) is 5.82 Å². The minimum absolute atomic E-state index is 0.0528. The van der Waals surface area contributed by atoms with Crippen LogP contribution in [0.3, 0.4) is 0 Å². The summed E-state index contributed by atoms with van der Waals surface area (Å²) in [5.41, 5.74) is 5.32. The van der Waals surface area contributed by atoms with E-state index in [1.165, 1.54) is 12.1 Å². The lowest BCUT2D eigenvalue weighted by Crippen LogP contribution is -2.31. The molecule has 1 saturated heterocycles. The fourth-order valence-electron chi connectivity index (χ4n) is 6.10. The summed E-state index contributed by atoms with van der Waals surface area (Å²) in [6, 6.07) is 17.4. The molecule has 254 valence electrons. The number of carboxylic acids is 1. The summed E-state index contributed by atoms with van der Waals surface area (Å²) >= 11 is 6.48. The first-order valence-corrected chi connectivity index (χ1v) is 16.5. The number of fused-ring (bicyclic) bond motifs is 8. The average Bonchev–Trinajstić information content (AvgIpc) is 3.42. The van der Waals surface area contributed by atoms with Crippen molar-refractivity contribution in [2.24, 2.45) is 0 Å². The van der Waals surface area contributed by atoms with E-state index in [0.717, 1.165) is 23.1 Å². The monoisotopic (exact) mass is 687 g/mol. The largest absolute Gasteiger partial charge is 0.489 e. The number of methoxy groups -OCH3 is 1. The second-order valence-electron chi connectivity index (χ2n) is 12.1. The van der Waals surface area contributed by atoms with Crippen LogP contribution < -0.4 is 9.47 Å². The van der Waals surface area contributed by atoms with Crippen molar-refractivity contribution in [2.45, 2.75) is 45.1 Å². The van der Waals surface area contributed by atoms with E-state index in [9.17, 15) is 9.90 Å². The number of nitrogens with zero attached hydrogens (tertiary/aromatic N) is 3. The number of carbonyl (C=O) groups is 1. The molecule has 7 rings (SSSR count). The zero-order valence-electron chi connectivity index (χ0n) is 26.9. The molecule has 12 heteroatoms. The number of hydrogen-bond acceptors (Lipinski definition) is 8. The molecule has 0 aliphatic carbocycles. The van der Waals surface area contributed by atoms with Crippen molar-refractivity contribution in [3.8, 4) is 22.9 Å². The Hall–Kier alpha value is -4.55. The number of halogens is 2. The van der Waals surface area contributed by atoms with E-state index in [-0.39, 0.29) is 31.3 Å². The number of benzene rings is 3. The average molecular weight is 688 g/mol. The maximum absolute atomic E-state index is 16.1. The highest BCUT2D eigenvalue weighted by molar-refractivity contribution is 6.31.